The Morgan fingerprint density at radius 3 is 2.45 bits per heavy atom. The first kappa shape index (κ1) is 13.1. The molecule has 2 nitrogen and oxygen atoms in total. The molecule has 0 aromatic heterocycles. The van der Waals surface area contributed by atoms with Crippen LogP contribution in [0.3, 0.4) is 0 Å². The third-order valence-electron chi connectivity index (χ3n) is 3.22. The highest BCUT2D eigenvalue weighted by Gasteiger charge is 2.19. The van der Waals surface area contributed by atoms with Crippen molar-refractivity contribution in [2.24, 2.45) is 0 Å². The van der Waals surface area contributed by atoms with Gasteiger partial charge in [0.15, 0.2) is 11.6 Å². The summed E-state index contributed by atoms with van der Waals surface area (Å²) in [7, 11) is 0. The molecule has 1 N–H and O–H groups in total. The summed E-state index contributed by atoms with van der Waals surface area (Å²) in [6, 6.07) is 11.4. The highest BCUT2D eigenvalue weighted by atomic mass is 19.1. The van der Waals surface area contributed by atoms with E-state index in [4.69, 9.17) is 4.74 Å². The van der Waals surface area contributed by atoms with Crippen molar-refractivity contribution in [1.82, 2.24) is 5.32 Å². The van der Waals surface area contributed by atoms with E-state index in [1.807, 2.05) is 12.1 Å². The Kier molecular flexibility index (Phi) is 3.65. The van der Waals surface area contributed by atoms with Crippen molar-refractivity contribution in [2.45, 2.75) is 25.4 Å². The molecule has 0 atom stereocenters. The molecule has 0 heterocycles. The Balaban J connectivity index is 1.64. The van der Waals surface area contributed by atoms with E-state index in [0.29, 0.717) is 11.8 Å². The van der Waals surface area contributed by atoms with Gasteiger partial charge in [-0.1, -0.05) is 12.1 Å². The lowest BCUT2D eigenvalue weighted by molar-refractivity contribution is 0.437. The summed E-state index contributed by atoms with van der Waals surface area (Å²) in [6.45, 7) is 0.829. The molecule has 4 heteroatoms. The van der Waals surface area contributed by atoms with Crippen LogP contribution < -0.4 is 10.1 Å². The van der Waals surface area contributed by atoms with Crippen molar-refractivity contribution in [3.8, 4) is 11.5 Å². The van der Waals surface area contributed by atoms with Gasteiger partial charge in [0.2, 0.25) is 0 Å². The molecule has 1 saturated carbocycles. The maximum Gasteiger partial charge on any atom is 0.168 e. The summed E-state index contributed by atoms with van der Waals surface area (Å²) >= 11 is 0. The molecular weight excluding hydrogens is 260 g/mol. The van der Waals surface area contributed by atoms with Crippen LogP contribution in [0.25, 0.3) is 0 Å². The van der Waals surface area contributed by atoms with E-state index in [1.165, 1.54) is 25.0 Å². The number of ether oxygens (including phenoxy) is 1. The Labute approximate surface area is 116 Å². The number of hydrogen-bond donors (Lipinski definition) is 1. The molecule has 1 aliphatic carbocycles. The van der Waals surface area contributed by atoms with E-state index >= 15 is 0 Å². The van der Waals surface area contributed by atoms with E-state index in [9.17, 15) is 8.78 Å². The number of nitrogens with one attached hydrogen (secondary N) is 1. The van der Waals surface area contributed by atoms with Crippen molar-refractivity contribution in [3.63, 3.8) is 0 Å². The van der Waals surface area contributed by atoms with Gasteiger partial charge in [0.05, 0.1) is 0 Å². The molecule has 0 unspecified atom stereocenters. The fourth-order valence-corrected chi connectivity index (χ4v) is 1.91. The molecule has 0 aliphatic heterocycles. The molecule has 3 rings (SSSR count). The molecule has 0 spiro atoms. The number of halogens is 2. The number of benzene rings is 2. The summed E-state index contributed by atoms with van der Waals surface area (Å²) in [5, 5.41) is 3.41. The number of hydrogen-bond acceptors (Lipinski definition) is 2. The SMILES string of the molecule is Fc1ccc(Oc2ccc(CNC3CC3)cc2)c(F)c1. The van der Waals surface area contributed by atoms with Crippen LogP contribution in [0.2, 0.25) is 0 Å². The molecule has 0 amide bonds. The molecule has 2 aromatic carbocycles. The fraction of sp³-hybridized carbons (Fsp3) is 0.250. The van der Waals surface area contributed by atoms with Gasteiger partial charge in [0.1, 0.15) is 11.6 Å². The monoisotopic (exact) mass is 275 g/mol. The summed E-state index contributed by atoms with van der Waals surface area (Å²) in [4.78, 5) is 0. The molecule has 0 radical (unpaired) electrons. The summed E-state index contributed by atoms with van der Waals surface area (Å²) < 4.78 is 31.6. The maximum absolute atomic E-state index is 13.5. The first-order valence-electron chi connectivity index (χ1n) is 6.66. The van der Waals surface area contributed by atoms with Crippen LogP contribution in [0.5, 0.6) is 11.5 Å². The molecular formula is C16H15F2NO. The van der Waals surface area contributed by atoms with Gasteiger partial charge in [-0.25, -0.2) is 8.78 Å². The molecule has 104 valence electrons. The van der Waals surface area contributed by atoms with E-state index in [1.54, 1.807) is 12.1 Å². The second-order valence-corrected chi connectivity index (χ2v) is 4.98. The van der Waals surface area contributed by atoms with Crippen molar-refractivity contribution in [3.05, 3.63) is 59.7 Å². The van der Waals surface area contributed by atoms with E-state index in [-0.39, 0.29) is 5.75 Å². The standard InChI is InChI=1S/C16H15F2NO/c17-12-3-8-16(15(18)9-12)20-14-6-1-11(2-7-14)10-19-13-4-5-13/h1-3,6-9,13,19H,4-5,10H2. The van der Waals surface area contributed by atoms with Gasteiger partial charge in [-0.3, -0.25) is 0 Å². The third-order valence-corrected chi connectivity index (χ3v) is 3.22. The lowest BCUT2D eigenvalue weighted by Crippen LogP contribution is -2.14. The average molecular weight is 275 g/mol. The lowest BCUT2D eigenvalue weighted by Gasteiger charge is -2.08. The summed E-state index contributed by atoms with van der Waals surface area (Å²) in [6.07, 6.45) is 2.51. The minimum Gasteiger partial charge on any atom is -0.454 e. The van der Waals surface area contributed by atoms with E-state index in [2.05, 4.69) is 5.32 Å². The Bertz CT molecular complexity index is 594. The van der Waals surface area contributed by atoms with Crippen LogP contribution in [0.15, 0.2) is 42.5 Å². The summed E-state index contributed by atoms with van der Waals surface area (Å²) in [5.41, 5.74) is 1.16. The zero-order valence-electron chi connectivity index (χ0n) is 10.9. The predicted molar refractivity (Wildman–Crippen MR) is 72.7 cm³/mol. The largest absolute Gasteiger partial charge is 0.454 e. The minimum absolute atomic E-state index is 0.0234. The van der Waals surface area contributed by atoms with Crippen LogP contribution in [0, 0.1) is 11.6 Å². The normalized spacial score (nSPS) is 14.3. The highest BCUT2D eigenvalue weighted by Crippen LogP contribution is 2.25. The zero-order valence-corrected chi connectivity index (χ0v) is 10.9. The van der Waals surface area contributed by atoms with Crippen molar-refractivity contribution >= 4 is 0 Å². The Hall–Kier alpha value is -1.94. The van der Waals surface area contributed by atoms with Crippen LogP contribution in [0.1, 0.15) is 18.4 Å². The average Bonchev–Trinajstić information content (AvgIpc) is 3.25. The van der Waals surface area contributed by atoms with Gasteiger partial charge < -0.3 is 10.1 Å². The lowest BCUT2D eigenvalue weighted by atomic mass is 10.2. The molecule has 20 heavy (non-hydrogen) atoms. The molecule has 1 aliphatic rings. The second kappa shape index (κ2) is 5.59. The van der Waals surface area contributed by atoms with Crippen LogP contribution >= 0.6 is 0 Å². The summed E-state index contributed by atoms with van der Waals surface area (Å²) in [5.74, 6) is -0.762. The first-order chi connectivity index (χ1) is 9.70. The van der Waals surface area contributed by atoms with Crippen LogP contribution in [-0.2, 0) is 6.54 Å². The topological polar surface area (TPSA) is 21.3 Å². The van der Waals surface area contributed by atoms with E-state index in [0.717, 1.165) is 18.2 Å². The van der Waals surface area contributed by atoms with Gasteiger partial charge in [0.25, 0.3) is 0 Å². The third kappa shape index (κ3) is 3.33. The molecule has 2 aromatic rings. The van der Waals surface area contributed by atoms with Crippen molar-refractivity contribution < 1.29 is 13.5 Å². The molecule has 0 saturated heterocycles. The van der Waals surface area contributed by atoms with E-state index < -0.39 is 11.6 Å². The van der Waals surface area contributed by atoms with Crippen molar-refractivity contribution in [1.29, 1.82) is 0 Å². The Morgan fingerprint density at radius 2 is 1.80 bits per heavy atom. The van der Waals surface area contributed by atoms with Gasteiger partial charge in [-0.2, -0.15) is 0 Å². The maximum atomic E-state index is 13.5. The Morgan fingerprint density at radius 1 is 1.05 bits per heavy atom. The van der Waals surface area contributed by atoms with Crippen LogP contribution in [0.4, 0.5) is 8.78 Å². The smallest absolute Gasteiger partial charge is 0.168 e. The fourth-order valence-electron chi connectivity index (χ4n) is 1.91. The second-order valence-electron chi connectivity index (χ2n) is 4.98. The van der Waals surface area contributed by atoms with Gasteiger partial charge in [0, 0.05) is 18.7 Å². The first-order valence-corrected chi connectivity index (χ1v) is 6.66. The molecule has 1 fully saturated rings. The number of rotatable bonds is 5. The molecule has 0 bridgehead atoms. The highest BCUT2D eigenvalue weighted by molar-refractivity contribution is 5.34. The predicted octanol–water partition coefficient (Wildman–Crippen LogP) is 4.01. The van der Waals surface area contributed by atoms with Gasteiger partial charge in [-0.15, -0.1) is 0 Å². The quantitative estimate of drug-likeness (QED) is 0.890. The van der Waals surface area contributed by atoms with Gasteiger partial charge in [-0.05, 0) is 42.7 Å². The van der Waals surface area contributed by atoms with Gasteiger partial charge >= 0.3 is 0 Å². The van der Waals surface area contributed by atoms with Crippen molar-refractivity contribution in [2.75, 3.05) is 0 Å². The zero-order chi connectivity index (χ0) is 13.9. The van der Waals surface area contributed by atoms with Crippen LogP contribution in [-0.4, -0.2) is 6.04 Å². The minimum atomic E-state index is -0.704.